The molecular formula is C36H35N3O5. The molecule has 4 aliphatic heterocycles. The average molecular weight is 590 g/mol. The second-order valence-electron chi connectivity index (χ2n) is 12.1. The molecule has 2 saturated heterocycles. The van der Waals surface area contributed by atoms with E-state index < -0.39 is 42.2 Å². The Balaban J connectivity index is 1.39. The van der Waals surface area contributed by atoms with Gasteiger partial charge in [0.15, 0.2) is 0 Å². The number of likely N-dealkylation sites (tertiary alicyclic amines) is 1. The first-order valence-corrected chi connectivity index (χ1v) is 15.1. The van der Waals surface area contributed by atoms with Crippen LogP contribution in [0.3, 0.4) is 0 Å². The van der Waals surface area contributed by atoms with E-state index in [0.29, 0.717) is 12.1 Å². The van der Waals surface area contributed by atoms with Crippen molar-refractivity contribution in [3.8, 4) is 0 Å². The van der Waals surface area contributed by atoms with E-state index in [4.69, 9.17) is 4.74 Å². The van der Waals surface area contributed by atoms with Crippen molar-refractivity contribution < 1.29 is 24.2 Å². The molecule has 224 valence electrons. The molecule has 3 amide bonds. The number of aryl methyl sites for hydroxylation is 2. The number of benzene rings is 3. The van der Waals surface area contributed by atoms with Gasteiger partial charge in [-0.1, -0.05) is 85.0 Å². The standard InChI is InChI=1S/C36H35N3O5/c1-23-16-17-24(2)27(21-23)38-20-10-18-36-31(30-29(44-36)15-9-19-37(33(30)41)26-13-7-4-8-14-26)34(42)39(32(36)35(38)43)28(22-40)25-11-5-3-6-12-25/h3-18,21,28-32,40H,19-20,22H2,1-2H3/t28-,29-,30+,31+,32?,36+/m1/s1. The minimum Gasteiger partial charge on any atom is -0.394 e. The molecule has 3 aromatic rings. The number of amides is 3. The maximum absolute atomic E-state index is 14.9. The summed E-state index contributed by atoms with van der Waals surface area (Å²) in [5.41, 5.74) is 2.72. The van der Waals surface area contributed by atoms with E-state index in [2.05, 4.69) is 0 Å². The first-order chi connectivity index (χ1) is 21.4. The number of rotatable bonds is 5. The summed E-state index contributed by atoms with van der Waals surface area (Å²) in [6, 6.07) is 22.7. The number of aliphatic hydroxyl groups is 1. The first kappa shape index (κ1) is 28.3. The van der Waals surface area contributed by atoms with E-state index in [-0.39, 0.29) is 24.3 Å². The SMILES string of the molecule is Cc1ccc(C)c(N2CC=C[C@]34O[C@@H]5C=CCN(c6ccccc6)C(=O)[C@@H]5[C@H]3C(=O)N([C@H](CO)c3ccccc3)C4C2=O)c1. The monoisotopic (exact) mass is 589 g/mol. The number of para-hydroxylation sites is 1. The molecule has 1 N–H and O–H groups in total. The van der Waals surface area contributed by atoms with Gasteiger partial charge in [-0.2, -0.15) is 0 Å². The number of aliphatic hydroxyl groups excluding tert-OH is 1. The largest absolute Gasteiger partial charge is 0.394 e. The van der Waals surface area contributed by atoms with Gasteiger partial charge in [-0.15, -0.1) is 0 Å². The van der Waals surface area contributed by atoms with Crippen LogP contribution in [0.2, 0.25) is 0 Å². The third-order valence-corrected chi connectivity index (χ3v) is 9.51. The summed E-state index contributed by atoms with van der Waals surface area (Å²) in [5, 5.41) is 10.8. The van der Waals surface area contributed by atoms with Crippen LogP contribution in [0, 0.1) is 25.7 Å². The Morgan fingerprint density at radius 2 is 1.57 bits per heavy atom. The quantitative estimate of drug-likeness (QED) is 0.453. The first-order valence-electron chi connectivity index (χ1n) is 15.1. The van der Waals surface area contributed by atoms with Crippen LogP contribution < -0.4 is 9.80 Å². The van der Waals surface area contributed by atoms with Gasteiger partial charge >= 0.3 is 0 Å². The Bertz CT molecular complexity index is 1670. The highest BCUT2D eigenvalue weighted by atomic mass is 16.5. The lowest BCUT2D eigenvalue weighted by Crippen LogP contribution is -2.56. The van der Waals surface area contributed by atoms with Crippen molar-refractivity contribution in [2.24, 2.45) is 11.8 Å². The zero-order valence-corrected chi connectivity index (χ0v) is 24.7. The molecule has 8 nitrogen and oxygen atoms in total. The van der Waals surface area contributed by atoms with E-state index in [1.807, 2.05) is 117 Å². The van der Waals surface area contributed by atoms with Crippen LogP contribution in [0.5, 0.6) is 0 Å². The molecule has 3 aromatic carbocycles. The summed E-state index contributed by atoms with van der Waals surface area (Å²) in [6.07, 6.45) is 6.79. The average Bonchev–Trinajstić information content (AvgIpc) is 3.35. The summed E-state index contributed by atoms with van der Waals surface area (Å²) in [4.78, 5) is 49.0. The van der Waals surface area contributed by atoms with Gasteiger partial charge in [-0.05, 0) is 48.7 Å². The van der Waals surface area contributed by atoms with Crippen LogP contribution in [-0.2, 0) is 19.1 Å². The van der Waals surface area contributed by atoms with E-state index in [1.165, 1.54) is 4.90 Å². The number of ether oxygens (including phenoxy) is 1. The molecule has 0 saturated carbocycles. The zero-order valence-electron chi connectivity index (χ0n) is 24.7. The van der Waals surface area contributed by atoms with E-state index in [0.717, 1.165) is 22.5 Å². The maximum atomic E-state index is 14.9. The van der Waals surface area contributed by atoms with Crippen molar-refractivity contribution in [3.05, 3.63) is 120 Å². The molecule has 0 aromatic heterocycles. The number of carbonyl (C=O) groups is 3. The maximum Gasteiger partial charge on any atom is 0.253 e. The van der Waals surface area contributed by atoms with Gasteiger partial charge in [0.1, 0.15) is 11.6 Å². The Hall–Kier alpha value is -4.53. The van der Waals surface area contributed by atoms with Crippen molar-refractivity contribution in [2.75, 3.05) is 29.5 Å². The van der Waals surface area contributed by atoms with E-state index in [9.17, 15) is 19.5 Å². The Kier molecular flexibility index (Phi) is 6.98. The lowest BCUT2D eigenvalue weighted by atomic mass is 9.77. The van der Waals surface area contributed by atoms with Gasteiger partial charge < -0.3 is 24.5 Å². The third-order valence-electron chi connectivity index (χ3n) is 9.51. The van der Waals surface area contributed by atoms with E-state index >= 15 is 0 Å². The molecule has 4 aliphatic rings. The summed E-state index contributed by atoms with van der Waals surface area (Å²) in [6.45, 7) is 4.17. The van der Waals surface area contributed by atoms with Gasteiger partial charge in [0, 0.05) is 24.5 Å². The Morgan fingerprint density at radius 1 is 0.864 bits per heavy atom. The Labute approximate surface area is 256 Å². The van der Waals surface area contributed by atoms with Crippen molar-refractivity contribution in [3.63, 3.8) is 0 Å². The number of carbonyl (C=O) groups excluding carboxylic acids is 3. The van der Waals surface area contributed by atoms with Crippen molar-refractivity contribution >= 4 is 29.1 Å². The minimum atomic E-state index is -1.40. The van der Waals surface area contributed by atoms with Crippen LogP contribution in [0.4, 0.5) is 11.4 Å². The lowest BCUT2D eigenvalue weighted by Gasteiger charge is -2.39. The van der Waals surface area contributed by atoms with Gasteiger partial charge in [0.2, 0.25) is 11.8 Å². The topological polar surface area (TPSA) is 90.4 Å². The Morgan fingerprint density at radius 3 is 2.30 bits per heavy atom. The highest BCUT2D eigenvalue weighted by molar-refractivity contribution is 6.07. The normalized spacial score (nSPS) is 28.4. The van der Waals surface area contributed by atoms with Gasteiger partial charge in [0.25, 0.3) is 5.91 Å². The minimum absolute atomic E-state index is 0.223. The fourth-order valence-corrected chi connectivity index (χ4v) is 7.51. The summed E-state index contributed by atoms with van der Waals surface area (Å²) < 4.78 is 6.82. The second kappa shape index (κ2) is 10.9. The smallest absolute Gasteiger partial charge is 0.253 e. The molecule has 0 bridgehead atoms. The van der Waals surface area contributed by atoms with Crippen molar-refractivity contribution in [1.29, 1.82) is 0 Å². The zero-order chi connectivity index (χ0) is 30.6. The molecule has 0 radical (unpaired) electrons. The van der Waals surface area contributed by atoms with E-state index in [1.54, 1.807) is 9.80 Å². The van der Waals surface area contributed by atoms with Crippen LogP contribution in [0.25, 0.3) is 0 Å². The van der Waals surface area contributed by atoms with Crippen LogP contribution in [0.15, 0.2) is 103 Å². The molecule has 7 rings (SSSR count). The second-order valence-corrected chi connectivity index (χ2v) is 12.1. The number of hydrogen-bond donors (Lipinski definition) is 1. The molecule has 44 heavy (non-hydrogen) atoms. The third kappa shape index (κ3) is 4.24. The molecule has 4 heterocycles. The molecule has 2 fully saturated rings. The number of hydrogen-bond acceptors (Lipinski definition) is 5. The van der Waals surface area contributed by atoms with Gasteiger partial charge in [0.05, 0.1) is 30.6 Å². The molecule has 1 unspecified atom stereocenters. The summed E-state index contributed by atoms with van der Waals surface area (Å²) >= 11 is 0. The molecule has 6 atom stereocenters. The lowest BCUT2D eigenvalue weighted by molar-refractivity contribution is -0.144. The molecule has 1 spiro atoms. The van der Waals surface area contributed by atoms with Crippen molar-refractivity contribution in [1.82, 2.24) is 4.90 Å². The van der Waals surface area contributed by atoms with Crippen LogP contribution in [0.1, 0.15) is 22.7 Å². The number of fused-ring (bicyclic) bond motifs is 2. The number of nitrogens with zero attached hydrogens (tertiary/aromatic N) is 3. The van der Waals surface area contributed by atoms with Gasteiger partial charge in [-0.3, -0.25) is 14.4 Å². The highest BCUT2D eigenvalue weighted by Gasteiger charge is 2.72. The molecular weight excluding hydrogens is 554 g/mol. The van der Waals surface area contributed by atoms with Crippen LogP contribution >= 0.6 is 0 Å². The number of anilines is 2. The molecule has 0 aliphatic carbocycles. The fraction of sp³-hybridized carbons (Fsp3) is 0.306. The predicted molar refractivity (Wildman–Crippen MR) is 167 cm³/mol. The van der Waals surface area contributed by atoms with Crippen LogP contribution in [-0.4, -0.2) is 65.2 Å². The van der Waals surface area contributed by atoms with Crippen molar-refractivity contribution in [2.45, 2.75) is 37.6 Å². The predicted octanol–water partition coefficient (Wildman–Crippen LogP) is 4.12. The highest BCUT2D eigenvalue weighted by Crippen LogP contribution is 2.55. The summed E-state index contributed by atoms with van der Waals surface area (Å²) in [5.74, 6) is -2.72. The van der Waals surface area contributed by atoms with Gasteiger partial charge in [-0.25, -0.2) is 0 Å². The molecule has 8 heteroatoms. The summed E-state index contributed by atoms with van der Waals surface area (Å²) in [7, 11) is 0. The fourth-order valence-electron chi connectivity index (χ4n) is 7.51.